The van der Waals surface area contributed by atoms with Crippen LogP contribution in [0, 0.1) is 0 Å². The Bertz CT molecular complexity index is 3700. The number of nitrogens with zero attached hydrogens (tertiary/aromatic N) is 2. The van der Waals surface area contributed by atoms with Crippen molar-refractivity contribution in [2.45, 2.75) is 130 Å². The molecule has 544 valence electrons. The Morgan fingerprint density at radius 2 is 0.344 bits per heavy atom. The molecular formula is C31H50N2O48S12. The van der Waals surface area contributed by atoms with Gasteiger partial charge in [-0.1, -0.05) is 67.9 Å². The summed E-state index contributed by atoms with van der Waals surface area (Å²) in [6.07, 6.45) is -33.6. The van der Waals surface area contributed by atoms with Crippen molar-refractivity contribution in [3.63, 3.8) is 0 Å². The van der Waals surface area contributed by atoms with Crippen molar-refractivity contribution in [1.29, 1.82) is 0 Å². The second kappa shape index (κ2) is 30.8. The molecule has 93 heavy (non-hydrogen) atoms. The Morgan fingerprint density at radius 3 is 0.495 bits per heavy atom. The monoisotopic (exact) mass is 1600 g/mol. The fourth-order valence-electron chi connectivity index (χ4n) is 9.52. The molecule has 0 unspecified atom stereocenters. The molecule has 0 amide bonds. The molecule has 50 nitrogen and oxygen atoms in total. The molecule has 4 aliphatic rings. The second-order valence-electron chi connectivity index (χ2n) is 18.6. The van der Waals surface area contributed by atoms with E-state index in [1.807, 2.05) is 0 Å². The zero-order valence-corrected chi connectivity index (χ0v) is 54.5. The van der Waals surface area contributed by atoms with E-state index in [1.54, 1.807) is 0 Å². The van der Waals surface area contributed by atoms with E-state index < -0.39 is 261 Å². The minimum Gasteiger partial charge on any atom is -0.285 e. The van der Waals surface area contributed by atoms with Gasteiger partial charge in [0, 0.05) is 0 Å². The van der Waals surface area contributed by atoms with E-state index in [9.17, 15) is 156 Å². The highest BCUT2D eigenvalue weighted by molar-refractivity contribution is 7.83. The summed E-state index contributed by atoms with van der Waals surface area (Å²) >= 11 is 0. The highest BCUT2D eigenvalue weighted by Gasteiger charge is 2.55. The molecule has 0 radical (unpaired) electrons. The first-order valence-electron chi connectivity index (χ1n) is 23.7. The quantitative estimate of drug-likeness (QED) is 0.0158. The van der Waals surface area contributed by atoms with Crippen LogP contribution in [0.4, 0.5) is 0 Å². The second-order valence-corrected chi connectivity index (χ2v) is 31.2. The maximum absolute atomic E-state index is 12.4. The van der Waals surface area contributed by atoms with Gasteiger partial charge in [-0.3, -0.25) is 64.4 Å². The molecule has 0 aromatic heterocycles. The van der Waals surface area contributed by atoms with Crippen LogP contribution in [0.3, 0.4) is 0 Å². The number of unbranched alkanes of at least 4 members (excludes halogenated alkanes) is 4. The Hall–Kier alpha value is -2.68. The lowest BCUT2D eigenvalue weighted by Crippen LogP contribution is -2.64. The molecule has 0 saturated carbocycles. The summed E-state index contributed by atoms with van der Waals surface area (Å²) in [4.78, 5) is 1.08. The van der Waals surface area contributed by atoms with Gasteiger partial charge in [0.2, 0.25) is 0 Å². The molecule has 4 rings (SSSR count). The highest BCUT2D eigenvalue weighted by Crippen LogP contribution is 2.38. The molecule has 4 aliphatic carbocycles. The lowest BCUT2D eigenvalue weighted by molar-refractivity contribution is -0.0825. The number of hydrogen-bond acceptors (Lipinski definition) is 38. The van der Waals surface area contributed by atoms with Gasteiger partial charge in [-0.15, -0.1) is 0 Å². The SMILES string of the molecule is O=S(=O)(O)O[C@H]1[C@H](OS(=O)(=O)O)[C@@H](N(CCCCCCCN([C@H]2C=C[C@@H](OS(=O)(=O)O)[C@@H](OS(=O)(=O)O)[C@@H]2OS(=O)(=O)O)[C@H]2C=C[C@@H](OS(=O)(=O)O)[C@@H](OS(=O)(=O)O)[C@@H]2OS(=O)(=O)O)[C@H]2C=C[C@@H](OS(=O)(=O)O)[C@@H](OS(=O)(=O)O)[C@@H]2OS(=O)(=O)O)C=C[C@H]1OS(=O)(=O)O. The minimum atomic E-state index is -6.11. The largest absolute Gasteiger partial charge is 0.398 e. The van der Waals surface area contributed by atoms with Gasteiger partial charge < -0.3 is 0 Å². The maximum Gasteiger partial charge on any atom is 0.398 e. The van der Waals surface area contributed by atoms with Gasteiger partial charge in [-0.2, -0.15) is 101 Å². The molecular weight excluding hydrogens is 1550 g/mol. The van der Waals surface area contributed by atoms with Crippen molar-refractivity contribution < 1.29 is 206 Å². The van der Waals surface area contributed by atoms with E-state index in [0.717, 1.165) is 0 Å². The van der Waals surface area contributed by atoms with Crippen LogP contribution in [-0.2, 0) is 175 Å². The van der Waals surface area contributed by atoms with Crippen molar-refractivity contribution in [2.75, 3.05) is 13.1 Å². The Balaban J connectivity index is 1.95. The summed E-state index contributed by atoms with van der Waals surface area (Å²) in [5, 5.41) is 0. The standard InChI is InChI=1S/C31H50N2O48S12/c34-82(35,36)70-20-10-6-16(24(74-86(46,47)48)28(20)78-90(58,59)60)32(17-7-11-21(71-83(37,38)39)29(79-91(61,62)63)25(17)75-87(49,50)51)14-4-2-1-3-5-15-33(18-8-12-22(72-84(40,41)42)30(80-92(64,65)66)26(18)76-88(52,53)54)19-9-13-23(73-85(43,44)45)31(81-93(67,68)69)27(19)77-89(55,56)57/h6-13,16-31H,1-5,14-15H2,(H,34,35,36)(H,37,38,39)(H,40,41,42)(H,43,44,45)(H,46,47,48)(H,49,50,51)(H,52,53,54)(H,55,56,57)(H,58,59,60)(H,61,62,63)(H,64,65,66)(H,67,68,69)/t16-,17-,18-,19-,20+,21+,22+,23+,24+,25+,26+,27+,28+,29+,30+,31+/m0/s1. The van der Waals surface area contributed by atoms with Crippen molar-refractivity contribution in [2.24, 2.45) is 0 Å². The van der Waals surface area contributed by atoms with E-state index in [0.29, 0.717) is 58.4 Å². The van der Waals surface area contributed by atoms with Gasteiger partial charge in [-0.05, 0) is 25.9 Å². The van der Waals surface area contributed by atoms with Gasteiger partial charge in [-0.25, -0.2) is 50.2 Å². The van der Waals surface area contributed by atoms with Crippen molar-refractivity contribution in [3.8, 4) is 0 Å². The molecule has 62 heteroatoms. The van der Waals surface area contributed by atoms with Crippen LogP contribution in [0.2, 0.25) is 0 Å². The number of hydrogen-bond donors (Lipinski definition) is 12. The fraction of sp³-hybridized carbons (Fsp3) is 0.742. The summed E-state index contributed by atoms with van der Waals surface area (Å²) in [7, 11) is -72.0. The Kier molecular flexibility index (Phi) is 27.4. The Morgan fingerprint density at radius 1 is 0.204 bits per heavy atom. The third-order valence-corrected chi connectivity index (χ3v) is 17.7. The van der Waals surface area contributed by atoms with Gasteiger partial charge in [0.25, 0.3) is 0 Å². The van der Waals surface area contributed by atoms with Gasteiger partial charge in [0.05, 0.1) is 24.2 Å². The first-order valence-corrected chi connectivity index (χ1v) is 40.1. The van der Waals surface area contributed by atoms with Gasteiger partial charge in [0.15, 0.2) is 0 Å². The van der Waals surface area contributed by atoms with Crippen LogP contribution in [0.5, 0.6) is 0 Å². The van der Waals surface area contributed by atoms with Crippen LogP contribution in [0.15, 0.2) is 48.6 Å². The first-order chi connectivity index (χ1) is 41.6. The number of rotatable bonds is 36. The van der Waals surface area contributed by atoms with E-state index in [4.69, 9.17) is 0 Å². The van der Waals surface area contributed by atoms with Crippen LogP contribution in [0.25, 0.3) is 0 Å². The first kappa shape index (κ1) is 82.7. The molecule has 0 spiro atoms. The van der Waals surface area contributed by atoms with E-state index in [2.05, 4.69) is 50.2 Å². The predicted molar refractivity (Wildman–Crippen MR) is 285 cm³/mol. The van der Waals surface area contributed by atoms with Crippen LogP contribution < -0.4 is 0 Å². The average Bonchev–Trinajstić information content (AvgIpc) is 0.767. The third-order valence-electron chi connectivity index (χ3n) is 12.1. The van der Waals surface area contributed by atoms with Gasteiger partial charge >= 0.3 is 125 Å². The Labute approximate surface area is 528 Å². The molecule has 16 atom stereocenters. The summed E-state index contributed by atoms with van der Waals surface area (Å²) in [6, 6.07) is -9.63. The third kappa shape index (κ3) is 29.7. The smallest absolute Gasteiger partial charge is 0.285 e. The molecule has 0 aromatic rings. The maximum atomic E-state index is 12.4. The van der Waals surface area contributed by atoms with Crippen LogP contribution >= 0.6 is 0 Å². The molecule has 0 fully saturated rings. The summed E-state index contributed by atoms with van der Waals surface area (Å²) < 4.78 is 461. The molecule has 0 saturated heterocycles. The van der Waals surface area contributed by atoms with E-state index in [1.165, 1.54) is 0 Å². The molecule has 0 heterocycles. The summed E-state index contributed by atoms with van der Waals surface area (Å²) in [5.74, 6) is 0. The fourth-order valence-corrected chi connectivity index (χ4v) is 15.4. The van der Waals surface area contributed by atoms with Crippen molar-refractivity contribution in [3.05, 3.63) is 48.6 Å². The topological polar surface area (TPSA) is 770 Å². The molecule has 0 bridgehead atoms. The van der Waals surface area contributed by atoms with Crippen molar-refractivity contribution in [1.82, 2.24) is 9.80 Å². The van der Waals surface area contributed by atoms with Crippen LogP contribution in [0.1, 0.15) is 32.1 Å². The molecule has 0 aliphatic heterocycles. The van der Waals surface area contributed by atoms with E-state index in [-0.39, 0.29) is 6.42 Å². The lowest BCUT2D eigenvalue weighted by Gasteiger charge is -2.47. The van der Waals surface area contributed by atoms with Crippen molar-refractivity contribution >= 4 is 125 Å². The lowest BCUT2D eigenvalue weighted by atomic mass is 9.87. The molecule has 0 aromatic carbocycles. The minimum absolute atomic E-state index is 0.357. The zero-order chi connectivity index (χ0) is 71.5. The van der Waals surface area contributed by atoms with Crippen LogP contribution in [-0.4, -0.2) is 276 Å². The summed E-state index contributed by atoms with van der Waals surface area (Å²) in [6.45, 7) is -1.96. The average molecular weight is 1600 g/mol. The predicted octanol–water partition coefficient (Wildman–Crippen LogP) is -6.45. The highest BCUT2D eigenvalue weighted by atomic mass is 32.3. The molecule has 12 N–H and O–H groups in total. The summed E-state index contributed by atoms with van der Waals surface area (Å²) in [5.41, 5.74) is 0. The normalized spacial score (nSPS) is 30.1. The zero-order valence-electron chi connectivity index (χ0n) is 44.7. The van der Waals surface area contributed by atoms with Gasteiger partial charge in [0.1, 0.15) is 73.2 Å². The van der Waals surface area contributed by atoms with E-state index >= 15 is 0 Å².